The Morgan fingerprint density at radius 3 is 2.12 bits per heavy atom. The summed E-state index contributed by atoms with van der Waals surface area (Å²) in [7, 11) is 0. The van der Waals surface area contributed by atoms with Gasteiger partial charge >= 0.3 is 0 Å². The summed E-state index contributed by atoms with van der Waals surface area (Å²) in [5, 5.41) is 3.07. The summed E-state index contributed by atoms with van der Waals surface area (Å²) in [6, 6.07) is 0.314. The lowest BCUT2D eigenvalue weighted by Crippen LogP contribution is -2.34. The van der Waals surface area contributed by atoms with Crippen molar-refractivity contribution in [2.24, 2.45) is 11.3 Å². The van der Waals surface area contributed by atoms with E-state index < -0.39 is 0 Å². The highest BCUT2D eigenvalue weighted by Gasteiger charge is 2.17. The molecule has 1 amide bonds. The van der Waals surface area contributed by atoms with Crippen LogP contribution < -0.4 is 5.32 Å². The van der Waals surface area contributed by atoms with Crippen molar-refractivity contribution in [3.8, 4) is 0 Å². The summed E-state index contributed by atoms with van der Waals surface area (Å²) >= 11 is 0. The van der Waals surface area contributed by atoms with E-state index in [0.29, 0.717) is 12.5 Å². The van der Waals surface area contributed by atoms with Gasteiger partial charge in [-0.3, -0.25) is 4.79 Å². The van der Waals surface area contributed by atoms with E-state index >= 15 is 0 Å². The Bertz CT molecular complexity index is 203. The van der Waals surface area contributed by atoms with Gasteiger partial charge in [0, 0.05) is 12.5 Å². The maximum atomic E-state index is 11.7. The topological polar surface area (TPSA) is 29.1 Å². The molecular weight excluding hydrogens is 198 g/mol. The van der Waals surface area contributed by atoms with E-state index in [1.54, 1.807) is 0 Å². The third kappa shape index (κ3) is 10.0. The molecule has 1 N–H and O–H groups in total. The largest absolute Gasteiger partial charge is 0.354 e. The molecular formula is C14H29NO. The lowest BCUT2D eigenvalue weighted by atomic mass is 9.92. The highest BCUT2D eigenvalue weighted by molar-refractivity contribution is 5.76. The first-order valence-electron chi connectivity index (χ1n) is 6.50. The smallest absolute Gasteiger partial charge is 0.220 e. The van der Waals surface area contributed by atoms with Crippen molar-refractivity contribution in [1.82, 2.24) is 5.32 Å². The quantitative estimate of drug-likeness (QED) is 0.735. The van der Waals surface area contributed by atoms with E-state index in [-0.39, 0.29) is 11.3 Å². The monoisotopic (exact) mass is 227 g/mol. The Balaban J connectivity index is 3.70. The van der Waals surface area contributed by atoms with Gasteiger partial charge in [0.2, 0.25) is 5.91 Å². The van der Waals surface area contributed by atoms with Crippen molar-refractivity contribution in [3.63, 3.8) is 0 Å². The highest BCUT2D eigenvalue weighted by atomic mass is 16.1. The molecule has 0 rings (SSSR count). The molecule has 96 valence electrons. The first-order valence-corrected chi connectivity index (χ1v) is 6.50. The van der Waals surface area contributed by atoms with Gasteiger partial charge in [-0.1, -0.05) is 47.5 Å². The van der Waals surface area contributed by atoms with Crippen LogP contribution in [-0.2, 0) is 4.79 Å². The van der Waals surface area contributed by atoms with E-state index in [4.69, 9.17) is 0 Å². The number of carbonyl (C=O) groups excluding carboxylic acids is 1. The van der Waals surface area contributed by atoms with Gasteiger partial charge in [-0.15, -0.1) is 0 Å². The Hall–Kier alpha value is -0.530. The Labute approximate surface area is 101 Å². The molecule has 0 aliphatic rings. The SMILES string of the molecule is CC(C)CCC[C@@H](C)NC(=O)CC(C)(C)C. The first-order chi connectivity index (χ1) is 7.20. The molecule has 0 unspecified atom stereocenters. The maximum Gasteiger partial charge on any atom is 0.220 e. The number of nitrogens with one attached hydrogen (secondary N) is 1. The van der Waals surface area contributed by atoms with Gasteiger partial charge in [-0.2, -0.15) is 0 Å². The van der Waals surface area contributed by atoms with Crippen molar-refractivity contribution >= 4 is 5.91 Å². The van der Waals surface area contributed by atoms with Gasteiger partial charge in [-0.05, 0) is 24.7 Å². The Morgan fingerprint density at radius 1 is 1.12 bits per heavy atom. The summed E-state index contributed by atoms with van der Waals surface area (Å²) in [5.41, 5.74) is 0.0851. The van der Waals surface area contributed by atoms with E-state index in [1.165, 1.54) is 12.8 Å². The number of amides is 1. The summed E-state index contributed by atoms with van der Waals surface area (Å²) in [6.45, 7) is 12.9. The molecule has 0 saturated heterocycles. The molecule has 0 aliphatic heterocycles. The molecule has 0 aliphatic carbocycles. The van der Waals surface area contributed by atoms with Crippen molar-refractivity contribution in [2.45, 2.75) is 73.3 Å². The van der Waals surface area contributed by atoms with Crippen LogP contribution in [0.1, 0.15) is 67.2 Å². The molecule has 2 nitrogen and oxygen atoms in total. The number of hydrogen-bond acceptors (Lipinski definition) is 1. The van der Waals surface area contributed by atoms with Crippen LogP contribution in [0, 0.1) is 11.3 Å². The van der Waals surface area contributed by atoms with Crippen molar-refractivity contribution < 1.29 is 4.79 Å². The van der Waals surface area contributed by atoms with E-state index in [1.807, 2.05) is 0 Å². The summed E-state index contributed by atoms with van der Waals surface area (Å²) in [6.07, 6.45) is 4.16. The summed E-state index contributed by atoms with van der Waals surface area (Å²) in [5.74, 6) is 0.946. The van der Waals surface area contributed by atoms with Crippen LogP contribution in [0.4, 0.5) is 0 Å². The first kappa shape index (κ1) is 15.5. The fraction of sp³-hybridized carbons (Fsp3) is 0.929. The van der Waals surface area contributed by atoms with Gasteiger partial charge in [-0.25, -0.2) is 0 Å². The summed E-state index contributed by atoms with van der Waals surface area (Å²) < 4.78 is 0. The third-order valence-electron chi connectivity index (χ3n) is 2.52. The molecule has 2 heteroatoms. The number of hydrogen-bond donors (Lipinski definition) is 1. The second kappa shape index (κ2) is 6.93. The normalized spacial score (nSPS) is 13.9. The Morgan fingerprint density at radius 2 is 1.69 bits per heavy atom. The van der Waals surface area contributed by atoms with Crippen LogP contribution in [0.2, 0.25) is 0 Å². The maximum absolute atomic E-state index is 11.7. The van der Waals surface area contributed by atoms with Crippen LogP contribution >= 0.6 is 0 Å². The highest BCUT2D eigenvalue weighted by Crippen LogP contribution is 2.18. The Kier molecular flexibility index (Phi) is 6.70. The zero-order valence-corrected chi connectivity index (χ0v) is 11.9. The molecule has 0 bridgehead atoms. The zero-order valence-electron chi connectivity index (χ0n) is 11.9. The van der Waals surface area contributed by atoms with E-state index in [0.717, 1.165) is 12.3 Å². The molecule has 0 fully saturated rings. The average Bonchev–Trinajstić information content (AvgIpc) is 1.98. The van der Waals surface area contributed by atoms with Crippen LogP contribution in [0.15, 0.2) is 0 Å². The van der Waals surface area contributed by atoms with Crippen molar-refractivity contribution in [2.75, 3.05) is 0 Å². The molecule has 0 spiro atoms. The zero-order chi connectivity index (χ0) is 12.8. The number of carbonyl (C=O) groups is 1. The minimum absolute atomic E-state index is 0.0851. The molecule has 0 saturated carbocycles. The van der Waals surface area contributed by atoms with E-state index in [2.05, 4.69) is 46.9 Å². The van der Waals surface area contributed by atoms with Gasteiger partial charge in [0.1, 0.15) is 0 Å². The molecule has 0 heterocycles. The second-order valence-electron chi connectivity index (χ2n) is 6.53. The molecule has 0 aromatic rings. The van der Waals surface area contributed by atoms with Gasteiger partial charge in [0.05, 0.1) is 0 Å². The van der Waals surface area contributed by atoms with Gasteiger partial charge in [0.25, 0.3) is 0 Å². The molecule has 1 atom stereocenters. The van der Waals surface area contributed by atoms with E-state index in [9.17, 15) is 4.79 Å². The summed E-state index contributed by atoms with van der Waals surface area (Å²) in [4.78, 5) is 11.7. The van der Waals surface area contributed by atoms with Crippen LogP contribution in [0.25, 0.3) is 0 Å². The third-order valence-corrected chi connectivity index (χ3v) is 2.52. The van der Waals surface area contributed by atoms with Crippen molar-refractivity contribution in [3.05, 3.63) is 0 Å². The van der Waals surface area contributed by atoms with Gasteiger partial charge in [0.15, 0.2) is 0 Å². The predicted molar refractivity (Wildman–Crippen MR) is 70.4 cm³/mol. The fourth-order valence-corrected chi connectivity index (χ4v) is 1.71. The minimum atomic E-state index is 0.0851. The van der Waals surface area contributed by atoms with Crippen LogP contribution in [-0.4, -0.2) is 11.9 Å². The standard InChI is InChI=1S/C14H29NO/c1-11(2)8-7-9-12(3)15-13(16)10-14(4,5)6/h11-12H,7-10H2,1-6H3,(H,15,16)/t12-/m1/s1. The van der Waals surface area contributed by atoms with Crippen LogP contribution in [0.3, 0.4) is 0 Å². The molecule has 16 heavy (non-hydrogen) atoms. The number of rotatable bonds is 6. The lowest BCUT2D eigenvalue weighted by molar-refractivity contribution is -0.123. The van der Waals surface area contributed by atoms with Crippen molar-refractivity contribution in [1.29, 1.82) is 0 Å². The molecule has 0 aromatic carbocycles. The molecule has 0 radical (unpaired) electrons. The second-order valence-corrected chi connectivity index (χ2v) is 6.53. The van der Waals surface area contributed by atoms with Crippen LogP contribution in [0.5, 0.6) is 0 Å². The minimum Gasteiger partial charge on any atom is -0.354 e. The lowest BCUT2D eigenvalue weighted by Gasteiger charge is -2.20. The average molecular weight is 227 g/mol. The fourth-order valence-electron chi connectivity index (χ4n) is 1.71. The molecule has 0 aromatic heterocycles. The predicted octanol–water partition coefficient (Wildman–Crippen LogP) is 3.75. The van der Waals surface area contributed by atoms with Gasteiger partial charge < -0.3 is 5.32 Å².